The number of amides is 1. The number of carbonyl (C=O) groups excluding carboxylic acids is 1. The zero-order valence-corrected chi connectivity index (χ0v) is 11.9. The molecule has 0 radical (unpaired) electrons. The molecule has 0 aliphatic rings. The second kappa shape index (κ2) is 6.02. The molecular formula is C12H14ClNO3S. The van der Waals surface area contributed by atoms with Crippen LogP contribution in [0.3, 0.4) is 0 Å². The highest BCUT2D eigenvalue weighted by atomic mass is 35.5. The Hall–Kier alpha value is -1.33. The average Bonchev–Trinajstić information content (AvgIpc) is 2.71. The van der Waals surface area contributed by atoms with E-state index in [1.165, 1.54) is 30.1 Å². The lowest BCUT2D eigenvalue weighted by molar-refractivity contribution is -0.133. The summed E-state index contributed by atoms with van der Waals surface area (Å²) in [5, 5.41) is 8.83. The van der Waals surface area contributed by atoms with Crippen molar-refractivity contribution in [1.82, 2.24) is 4.90 Å². The highest BCUT2D eigenvalue weighted by Gasteiger charge is 2.17. The summed E-state index contributed by atoms with van der Waals surface area (Å²) in [4.78, 5) is 25.2. The highest BCUT2D eigenvalue weighted by molar-refractivity contribution is 7.16. The summed E-state index contributed by atoms with van der Waals surface area (Å²) in [5.74, 6) is -1.37. The Morgan fingerprint density at radius 2 is 1.94 bits per heavy atom. The molecule has 0 atom stereocenters. The van der Waals surface area contributed by atoms with Crippen LogP contribution in [0.5, 0.6) is 0 Å². The van der Waals surface area contributed by atoms with Gasteiger partial charge in [0.25, 0.3) is 0 Å². The normalized spacial score (nSPS) is 12.0. The molecule has 1 aromatic rings. The van der Waals surface area contributed by atoms with Crippen LogP contribution in [0.2, 0.25) is 4.34 Å². The van der Waals surface area contributed by atoms with Crippen LogP contribution in [-0.4, -0.2) is 28.9 Å². The summed E-state index contributed by atoms with van der Waals surface area (Å²) in [5.41, 5.74) is 0.309. The van der Waals surface area contributed by atoms with Crippen molar-refractivity contribution < 1.29 is 14.7 Å². The van der Waals surface area contributed by atoms with E-state index in [0.717, 1.165) is 4.88 Å². The minimum absolute atomic E-state index is 0.0658. The molecule has 0 saturated heterocycles. The van der Waals surface area contributed by atoms with Gasteiger partial charge >= 0.3 is 5.97 Å². The third-order valence-corrected chi connectivity index (χ3v) is 3.79. The third kappa shape index (κ3) is 3.58. The molecule has 1 rings (SSSR count). The molecule has 18 heavy (non-hydrogen) atoms. The fraction of sp³-hybridized carbons (Fsp3) is 0.333. The summed E-state index contributed by atoms with van der Waals surface area (Å²) in [6.07, 6.45) is 0. The Morgan fingerprint density at radius 3 is 2.39 bits per heavy atom. The number of carbonyl (C=O) groups is 2. The highest BCUT2D eigenvalue weighted by Crippen LogP contribution is 2.22. The van der Waals surface area contributed by atoms with Crippen molar-refractivity contribution in [3.63, 3.8) is 0 Å². The number of hydrogen-bond donors (Lipinski definition) is 1. The van der Waals surface area contributed by atoms with E-state index in [-0.39, 0.29) is 17.1 Å². The van der Waals surface area contributed by atoms with Crippen molar-refractivity contribution >= 4 is 34.8 Å². The minimum Gasteiger partial charge on any atom is -0.478 e. The summed E-state index contributed by atoms with van der Waals surface area (Å²) >= 11 is 7.21. The topological polar surface area (TPSA) is 57.6 Å². The molecule has 4 nitrogen and oxygen atoms in total. The van der Waals surface area contributed by atoms with Crippen LogP contribution in [-0.2, 0) is 16.1 Å². The van der Waals surface area contributed by atoms with Crippen molar-refractivity contribution in [2.45, 2.75) is 20.4 Å². The van der Waals surface area contributed by atoms with E-state index in [1.807, 2.05) is 6.07 Å². The Bertz CT molecular complexity index is 507. The molecule has 0 aliphatic carbocycles. The average molecular weight is 288 g/mol. The number of thiophene rings is 1. The van der Waals surface area contributed by atoms with Crippen LogP contribution < -0.4 is 0 Å². The molecule has 0 fully saturated rings. The Kier molecular flexibility index (Phi) is 4.93. The minimum atomic E-state index is -1.08. The van der Waals surface area contributed by atoms with E-state index in [1.54, 1.807) is 13.1 Å². The Morgan fingerprint density at radius 1 is 1.33 bits per heavy atom. The second-order valence-electron chi connectivity index (χ2n) is 3.92. The van der Waals surface area contributed by atoms with Gasteiger partial charge < -0.3 is 10.0 Å². The fourth-order valence-corrected chi connectivity index (χ4v) is 2.49. The van der Waals surface area contributed by atoms with Crippen LogP contribution in [0.1, 0.15) is 18.7 Å². The first-order chi connectivity index (χ1) is 8.32. The monoisotopic (exact) mass is 287 g/mol. The van der Waals surface area contributed by atoms with Crippen LogP contribution in [0, 0.1) is 0 Å². The zero-order valence-electron chi connectivity index (χ0n) is 10.4. The Balaban J connectivity index is 2.79. The zero-order chi connectivity index (χ0) is 13.9. The van der Waals surface area contributed by atoms with Gasteiger partial charge in [0.15, 0.2) is 0 Å². The number of halogens is 1. The van der Waals surface area contributed by atoms with E-state index < -0.39 is 5.97 Å². The van der Waals surface area contributed by atoms with Gasteiger partial charge in [-0.2, -0.15) is 0 Å². The first-order valence-corrected chi connectivity index (χ1v) is 6.42. The summed E-state index contributed by atoms with van der Waals surface area (Å²) in [6.45, 7) is 3.36. The largest absolute Gasteiger partial charge is 0.478 e. The summed E-state index contributed by atoms with van der Waals surface area (Å²) < 4.78 is 0.667. The number of hydrogen-bond acceptors (Lipinski definition) is 3. The molecule has 0 aliphatic heterocycles. The van der Waals surface area contributed by atoms with Gasteiger partial charge in [0.05, 0.1) is 10.9 Å². The molecule has 0 aromatic carbocycles. The van der Waals surface area contributed by atoms with E-state index in [9.17, 15) is 9.59 Å². The molecule has 1 amide bonds. The molecule has 1 N–H and O–H groups in total. The van der Waals surface area contributed by atoms with Gasteiger partial charge in [0.2, 0.25) is 5.91 Å². The van der Waals surface area contributed by atoms with E-state index >= 15 is 0 Å². The molecule has 1 aromatic heterocycles. The molecule has 0 bridgehead atoms. The van der Waals surface area contributed by atoms with Crippen molar-refractivity contribution in [3.8, 4) is 0 Å². The SMILES string of the molecule is CC(C(=O)O)=C(C)C(=O)N(C)Cc1ccc(Cl)s1. The summed E-state index contributed by atoms with van der Waals surface area (Å²) in [7, 11) is 1.63. The second-order valence-corrected chi connectivity index (χ2v) is 5.72. The van der Waals surface area contributed by atoms with Gasteiger partial charge in [-0.15, -0.1) is 11.3 Å². The maximum Gasteiger partial charge on any atom is 0.331 e. The molecule has 0 spiro atoms. The standard InChI is InChI=1S/C12H14ClNO3S/c1-7(8(2)12(16)17)11(15)14(3)6-9-4-5-10(13)18-9/h4-5H,6H2,1-3H3,(H,16,17). The van der Waals surface area contributed by atoms with Crippen LogP contribution in [0.4, 0.5) is 0 Å². The number of carboxylic acids is 1. The Labute approximate surface area is 114 Å². The number of aliphatic carboxylic acids is 1. The van der Waals surface area contributed by atoms with Crippen LogP contribution in [0.15, 0.2) is 23.3 Å². The molecule has 98 valence electrons. The third-order valence-electron chi connectivity index (χ3n) is 2.57. The van der Waals surface area contributed by atoms with Crippen molar-refractivity contribution in [2.24, 2.45) is 0 Å². The predicted molar refractivity (Wildman–Crippen MR) is 71.8 cm³/mol. The number of rotatable bonds is 4. The van der Waals surface area contributed by atoms with E-state index in [2.05, 4.69) is 0 Å². The molecule has 0 unspecified atom stereocenters. The van der Waals surface area contributed by atoms with E-state index in [0.29, 0.717) is 10.9 Å². The molecule has 6 heteroatoms. The van der Waals surface area contributed by atoms with Gasteiger partial charge in [0, 0.05) is 23.1 Å². The van der Waals surface area contributed by atoms with E-state index in [4.69, 9.17) is 16.7 Å². The maximum absolute atomic E-state index is 12.0. The smallest absolute Gasteiger partial charge is 0.331 e. The van der Waals surface area contributed by atoms with Gasteiger partial charge in [-0.1, -0.05) is 11.6 Å². The van der Waals surface area contributed by atoms with Gasteiger partial charge in [-0.05, 0) is 26.0 Å². The van der Waals surface area contributed by atoms with Crippen molar-refractivity contribution in [3.05, 3.63) is 32.5 Å². The molecule has 0 saturated carbocycles. The first kappa shape index (κ1) is 14.7. The lowest BCUT2D eigenvalue weighted by Crippen LogP contribution is -2.27. The van der Waals surface area contributed by atoms with Gasteiger partial charge in [-0.25, -0.2) is 4.79 Å². The maximum atomic E-state index is 12.0. The summed E-state index contributed by atoms with van der Waals surface area (Å²) in [6, 6.07) is 3.62. The van der Waals surface area contributed by atoms with Gasteiger partial charge in [0.1, 0.15) is 0 Å². The van der Waals surface area contributed by atoms with Crippen LogP contribution >= 0.6 is 22.9 Å². The quantitative estimate of drug-likeness (QED) is 0.866. The number of nitrogens with zero attached hydrogens (tertiary/aromatic N) is 1. The molecule has 1 heterocycles. The van der Waals surface area contributed by atoms with Gasteiger partial charge in [-0.3, -0.25) is 4.79 Å². The van der Waals surface area contributed by atoms with Crippen molar-refractivity contribution in [2.75, 3.05) is 7.05 Å². The lowest BCUT2D eigenvalue weighted by Gasteiger charge is -2.17. The molecular weight excluding hydrogens is 274 g/mol. The first-order valence-electron chi connectivity index (χ1n) is 5.23. The number of likely N-dealkylation sites (N-methyl/N-ethyl adjacent to an activating group) is 1. The van der Waals surface area contributed by atoms with Crippen LogP contribution in [0.25, 0.3) is 0 Å². The lowest BCUT2D eigenvalue weighted by atomic mass is 10.1. The predicted octanol–water partition coefficient (Wildman–Crippen LogP) is 2.78. The number of carboxylic acid groups (broad SMARTS) is 1. The van der Waals surface area contributed by atoms with Crippen molar-refractivity contribution in [1.29, 1.82) is 0 Å². The fourth-order valence-electron chi connectivity index (χ4n) is 1.35.